The van der Waals surface area contributed by atoms with E-state index in [1.54, 1.807) is 48.5 Å². The van der Waals surface area contributed by atoms with Crippen molar-refractivity contribution < 1.29 is 27.5 Å². The van der Waals surface area contributed by atoms with E-state index in [0.29, 0.717) is 21.2 Å². The van der Waals surface area contributed by atoms with Crippen molar-refractivity contribution in [1.82, 2.24) is 5.32 Å². The molecule has 160 valence electrons. The van der Waals surface area contributed by atoms with Crippen LogP contribution >= 0.6 is 23.2 Å². The first kappa shape index (κ1) is 22.6. The number of hydrogen-bond acceptors (Lipinski definition) is 7. The summed E-state index contributed by atoms with van der Waals surface area (Å²) in [5, 5.41) is 0.737. The van der Waals surface area contributed by atoms with Crippen LogP contribution in [0.25, 0.3) is 0 Å². The van der Waals surface area contributed by atoms with Gasteiger partial charge in [0, 0.05) is 10.0 Å². The van der Waals surface area contributed by atoms with Gasteiger partial charge in [0.2, 0.25) is 0 Å². The topological polar surface area (TPSA) is 98.8 Å². The highest BCUT2D eigenvalue weighted by molar-refractivity contribution is 7.94. The van der Waals surface area contributed by atoms with E-state index in [9.17, 15) is 18.0 Å². The molecule has 0 saturated carbocycles. The number of nitrogens with one attached hydrogen (secondary N) is 1. The van der Waals surface area contributed by atoms with E-state index >= 15 is 0 Å². The third-order valence-electron chi connectivity index (χ3n) is 5.00. The van der Waals surface area contributed by atoms with Crippen molar-refractivity contribution in [2.24, 2.45) is 0 Å². The number of ether oxygens (including phenoxy) is 2. The van der Waals surface area contributed by atoms with Crippen LogP contribution in [-0.2, 0) is 28.9 Å². The first-order chi connectivity index (χ1) is 14.2. The Labute approximate surface area is 184 Å². The molecule has 0 aromatic heterocycles. The number of esters is 2. The van der Waals surface area contributed by atoms with Crippen LogP contribution in [-0.4, -0.2) is 45.1 Å². The maximum absolute atomic E-state index is 13.5. The molecular formula is C20H19Cl2NO6S. The van der Waals surface area contributed by atoms with Gasteiger partial charge < -0.3 is 9.47 Å². The van der Waals surface area contributed by atoms with Gasteiger partial charge in [-0.15, -0.1) is 0 Å². The molecule has 30 heavy (non-hydrogen) atoms. The minimum atomic E-state index is -4.38. The van der Waals surface area contributed by atoms with E-state index in [4.69, 9.17) is 32.7 Å². The SMILES string of the molecule is COC(=O)[C@@H]1[C@@H](c2ccc(Cl)cc2)N[C@H](c2ccc(Cl)cc2)[C@H](C(=O)OC)S1(=O)=O. The van der Waals surface area contributed by atoms with Gasteiger partial charge in [-0.2, -0.15) is 0 Å². The van der Waals surface area contributed by atoms with Crippen LogP contribution in [0.2, 0.25) is 10.0 Å². The van der Waals surface area contributed by atoms with E-state index in [-0.39, 0.29) is 0 Å². The van der Waals surface area contributed by atoms with E-state index < -0.39 is 44.4 Å². The van der Waals surface area contributed by atoms with Gasteiger partial charge in [-0.1, -0.05) is 47.5 Å². The van der Waals surface area contributed by atoms with E-state index in [1.807, 2.05) is 0 Å². The normalized spacial score (nSPS) is 25.3. The molecule has 0 spiro atoms. The van der Waals surface area contributed by atoms with Crippen molar-refractivity contribution in [2.75, 3.05) is 14.2 Å². The van der Waals surface area contributed by atoms with Crippen LogP contribution in [0.5, 0.6) is 0 Å². The number of carbonyl (C=O) groups is 2. The number of halogens is 2. The molecule has 0 unspecified atom stereocenters. The average molecular weight is 472 g/mol. The summed E-state index contributed by atoms with van der Waals surface area (Å²) in [4.78, 5) is 25.1. The van der Waals surface area contributed by atoms with Gasteiger partial charge in [-0.05, 0) is 35.4 Å². The Bertz CT molecular complexity index is 962. The summed E-state index contributed by atoms with van der Waals surface area (Å²) in [6.45, 7) is 0. The minimum Gasteiger partial charge on any atom is -0.468 e. The van der Waals surface area contributed by atoms with Gasteiger partial charge in [-0.25, -0.2) is 8.42 Å². The van der Waals surface area contributed by atoms with Crippen molar-refractivity contribution in [3.63, 3.8) is 0 Å². The zero-order chi connectivity index (χ0) is 22.1. The monoisotopic (exact) mass is 471 g/mol. The molecule has 1 fully saturated rings. The molecule has 3 rings (SSSR count). The Hall–Kier alpha value is -2.13. The van der Waals surface area contributed by atoms with Crippen LogP contribution < -0.4 is 5.32 Å². The summed E-state index contributed by atoms with van der Waals surface area (Å²) in [6.07, 6.45) is 0. The number of methoxy groups -OCH3 is 2. The fourth-order valence-electron chi connectivity index (χ4n) is 3.56. The van der Waals surface area contributed by atoms with Gasteiger partial charge in [0.05, 0.1) is 26.3 Å². The largest absolute Gasteiger partial charge is 0.468 e. The second-order valence-electron chi connectivity index (χ2n) is 6.70. The van der Waals surface area contributed by atoms with Crippen LogP contribution in [0.1, 0.15) is 23.2 Å². The number of rotatable bonds is 4. The first-order valence-corrected chi connectivity index (χ1v) is 11.2. The molecule has 4 atom stereocenters. The summed E-state index contributed by atoms with van der Waals surface area (Å²) >= 11 is 11.9. The maximum atomic E-state index is 13.5. The van der Waals surface area contributed by atoms with Gasteiger partial charge in [0.1, 0.15) is 0 Å². The lowest BCUT2D eigenvalue weighted by atomic mass is 9.96. The van der Waals surface area contributed by atoms with Crippen molar-refractivity contribution in [3.8, 4) is 0 Å². The molecule has 0 radical (unpaired) electrons. The lowest BCUT2D eigenvalue weighted by Gasteiger charge is -2.40. The van der Waals surface area contributed by atoms with Crippen molar-refractivity contribution in [1.29, 1.82) is 0 Å². The maximum Gasteiger partial charge on any atom is 0.326 e. The molecule has 1 saturated heterocycles. The van der Waals surface area contributed by atoms with E-state index in [0.717, 1.165) is 14.2 Å². The summed E-state index contributed by atoms with van der Waals surface area (Å²) in [7, 11) is -2.19. The summed E-state index contributed by atoms with van der Waals surface area (Å²) in [5.74, 6) is -1.96. The highest BCUT2D eigenvalue weighted by atomic mass is 35.5. The Morgan fingerprint density at radius 2 is 1.10 bits per heavy atom. The quantitative estimate of drug-likeness (QED) is 0.684. The molecule has 2 aromatic rings. The second kappa shape index (κ2) is 8.93. The minimum absolute atomic E-state index is 0.453. The molecule has 0 amide bonds. The number of benzene rings is 2. The van der Waals surface area contributed by atoms with Crippen LogP contribution in [0.3, 0.4) is 0 Å². The van der Waals surface area contributed by atoms with Crippen molar-refractivity contribution in [3.05, 3.63) is 69.7 Å². The van der Waals surface area contributed by atoms with Crippen LogP contribution in [0.15, 0.2) is 48.5 Å². The molecule has 0 aliphatic carbocycles. The van der Waals surface area contributed by atoms with E-state index in [2.05, 4.69) is 5.32 Å². The molecule has 0 bridgehead atoms. The lowest BCUT2D eigenvalue weighted by Crippen LogP contribution is -2.59. The average Bonchev–Trinajstić information content (AvgIpc) is 2.72. The van der Waals surface area contributed by atoms with Gasteiger partial charge in [0.25, 0.3) is 0 Å². The smallest absolute Gasteiger partial charge is 0.326 e. The Balaban J connectivity index is 2.20. The first-order valence-electron chi connectivity index (χ1n) is 8.86. The second-order valence-corrected chi connectivity index (χ2v) is 9.77. The predicted molar refractivity (Wildman–Crippen MR) is 112 cm³/mol. The third-order valence-corrected chi connectivity index (χ3v) is 7.85. The van der Waals surface area contributed by atoms with Crippen LogP contribution in [0, 0.1) is 0 Å². The lowest BCUT2D eigenvalue weighted by molar-refractivity contribution is -0.142. The van der Waals surface area contributed by atoms with Gasteiger partial charge in [0.15, 0.2) is 20.3 Å². The molecule has 10 heteroatoms. The molecule has 1 aliphatic heterocycles. The fourth-order valence-corrected chi connectivity index (χ4v) is 6.09. The molecule has 2 aromatic carbocycles. The highest BCUT2D eigenvalue weighted by Gasteiger charge is 2.56. The molecule has 7 nitrogen and oxygen atoms in total. The zero-order valence-electron chi connectivity index (χ0n) is 16.0. The number of sulfone groups is 1. The summed E-state index contributed by atoms with van der Waals surface area (Å²) < 4.78 is 36.6. The van der Waals surface area contributed by atoms with Crippen molar-refractivity contribution >= 4 is 45.0 Å². The third kappa shape index (κ3) is 4.18. The standard InChI is InChI=1S/C20H19Cl2NO6S/c1-28-19(24)17-15(11-3-7-13(21)8-4-11)23-16(12-5-9-14(22)10-6-12)18(20(25)29-2)30(17,26)27/h3-10,15-18,23H,1-2H3/t15-,16-,17-,18+/m1/s1. The molecule has 1 heterocycles. The predicted octanol–water partition coefficient (Wildman–Crippen LogP) is 2.88. The molecule has 1 N–H and O–H groups in total. The van der Waals surface area contributed by atoms with Gasteiger partial charge in [-0.3, -0.25) is 14.9 Å². The Morgan fingerprint density at radius 3 is 1.40 bits per heavy atom. The Kier molecular flexibility index (Phi) is 6.71. The molecule has 1 aliphatic rings. The van der Waals surface area contributed by atoms with Crippen molar-refractivity contribution in [2.45, 2.75) is 22.6 Å². The van der Waals surface area contributed by atoms with Gasteiger partial charge >= 0.3 is 11.9 Å². The van der Waals surface area contributed by atoms with Crippen LogP contribution in [0.4, 0.5) is 0 Å². The number of hydrogen-bond donors (Lipinski definition) is 1. The fraction of sp³-hybridized carbons (Fsp3) is 0.300. The zero-order valence-corrected chi connectivity index (χ0v) is 18.4. The summed E-state index contributed by atoms with van der Waals surface area (Å²) in [5.41, 5.74) is 1.00. The Morgan fingerprint density at radius 1 is 0.767 bits per heavy atom. The molecular weight excluding hydrogens is 453 g/mol. The summed E-state index contributed by atoms with van der Waals surface area (Å²) in [6, 6.07) is 10.8. The highest BCUT2D eigenvalue weighted by Crippen LogP contribution is 2.39. The number of carbonyl (C=O) groups excluding carboxylic acids is 2. The van der Waals surface area contributed by atoms with E-state index in [1.165, 1.54) is 0 Å².